The highest BCUT2D eigenvalue weighted by atomic mass is 16.7. The lowest BCUT2D eigenvalue weighted by Gasteiger charge is -2.60. The number of nitrogens with zero attached hydrogens (tertiary/aromatic N) is 6. The molecule has 0 aliphatic carbocycles. The second-order valence-electron chi connectivity index (χ2n) is 21.5. The van der Waals surface area contributed by atoms with Crippen molar-refractivity contribution in [3.8, 4) is 58.1 Å². The third-order valence-corrected chi connectivity index (χ3v) is 18.2. The number of benzene rings is 4. The molecule has 0 radical (unpaired) electrons. The largest absolute Gasteiger partial charge is 0.507 e. The molecule has 4 aromatic carbocycles. The Morgan fingerprint density at radius 1 is 0.622 bits per heavy atom. The molecule has 4 N–H and O–H groups in total. The van der Waals surface area contributed by atoms with Gasteiger partial charge in [-0.15, -0.1) is 0 Å². The maximum Gasteiger partial charge on any atom is 0.231 e. The summed E-state index contributed by atoms with van der Waals surface area (Å²) < 4.78 is 36.5. The molecular formula is C59H69N7O8. The summed E-state index contributed by atoms with van der Waals surface area (Å²) in [6.07, 6.45) is 7.05. The van der Waals surface area contributed by atoms with Crippen molar-refractivity contribution in [2.75, 3.05) is 47.4 Å². The average molecular weight is 1000 g/mol. The predicted octanol–water partition coefficient (Wildman–Crippen LogP) is 8.13. The van der Waals surface area contributed by atoms with Crippen molar-refractivity contribution in [2.24, 2.45) is 5.73 Å². The predicted molar refractivity (Wildman–Crippen MR) is 279 cm³/mol. The molecule has 4 unspecified atom stereocenters. The number of piperazine rings is 2. The van der Waals surface area contributed by atoms with Crippen LogP contribution in [0.25, 0.3) is 0 Å². The number of likely N-dealkylation sites (N-methyl/N-ethyl adjacent to an activating group) is 2. The minimum absolute atomic E-state index is 0.0127. The van der Waals surface area contributed by atoms with E-state index < -0.39 is 0 Å². The molecule has 4 aromatic rings. The monoisotopic (exact) mass is 1000 g/mol. The Balaban J connectivity index is 0.000000159. The average Bonchev–Trinajstić information content (AvgIpc) is 4.10. The van der Waals surface area contributed by atoms with Crippen LogP contribution in [0.1, 0.15) is 115 Å². The zero-order chi connectivity index (χ0) is 52.3. The van der Waals surface area contributed by atoms with Gasteiger partial charge in [-0.3, -0.25) is 19.6 Å². The van der Waals surface area contributed by atoms with Crippen LogP contribution >= 0.6 is 0 Å². The third kappa shape index (κ3) is 7.00. The van der Waals surface area contributed by atoms with Gasteiger partial charge in [-0.1, -0.05) is 44.4 Å². The highest BCUT2D eigenvalue weighted by Crippen LogP contribution is 2.60. The van der Waals surface area contributed by atoms with Gasteiger partial charge in [0.25, 0.3) is 0 Å². The molecule has 0 saturated carbocycles. The highest BCUT2D eigenvalue weighted by molar-refractivity contribution is 5.68. The van der Waals surface area contributed by atoms with Gasteiger partial charge in [0.05, 0.1) is 30.3 Å². The van der Waals surface area contributed by atoms with Gasteiger partial charge in [0.15, 0.2) is 23.0 Å². The van der Waals surface area contributed by atoms with Crippen LogP contribution in [0.15, 0.2) is 37.4 Å². The van der Waals surface area contributed by atoms with E-state index in [1.807, 2.05) is 34.6 Å². The fourth-order valence-corrected chi connectivity index (χ4v) is 14.7. The first-order valence-electron chi connectivity index (χ1n) is 26.2. The molecule has 0 amide bonds. The van der Waals surface area contributed by atoms with E-state index in [9.17, 15) is 20.7 Å². The van der Waals surface area contributed by atoms with Gasteiger partial charge in [-0.2, -0.15) is 10.5 Å². The first-order chi connectivity index (χ1) is 35.7. The second-order valence-corrected chi connectivity index (χ2v) is 21.5. The number of fused-ring (bicyclic) bond motifs is 18. The molecule has 74 heavy (non-hydrogen) atoms. The van der Waals surface area contributed by atoms with E-state index in [1.54, 1.807) is 12.2 Å². The number of aryl methyl sites for hydroxylation is 2. The van der Waals surface area contributed by atoms with E-state index in [-0.39, 0.29) is 74.0 Å². The normalized spacial score (nSPS) is 27.6. The Morgan fingerprint density at radius 2 is 1.03 bits per heavy atom. The summed E-state index contributed by atoms with van der Waals surface area (Å²) in [5.41, 5.74) is 20.8. The molecular weight excluding hydrogens is 935 g/mol. The molecule has 4 bridgehead atoms. The van der Waals surface area contributed by atoms with Crippen molar-refractivity contribution in [3.63, 3.8) is 0 Å². The lowest BCUT2D eigenvalue weighted by Crippen LogP contribution is -2.68. The standard InChI is InChI=1S/C30H35N3O4.C29H34N4O4/c1-7-9-35-28-17(5)29-30(37-14-36-29)25-19(28)12-22-26-24-18(10-15(3)16(4)27(24)34)11-21(32(26)6)23(13-31)33(22)20(25)8-2;1-6-7-35-27-16(4)28-29(37-13-36-28)24-18(27)10-20-25-23-17(8-14(2)15(3)26(23)34)9-19(32(25)5)21(11-30)33(20)22(24)12-31/h7,10,20-23,26,34H,1,8-9,11-12,14H2,2-6H3;6,8,19-22,25,34H,1,7,9-10,12-13,31H2,2-5H3/t20-,21-,22?,23-,26?;19-,20?,21-,22-,25?/m00/s1. The van der Waals surface area contributed by atoms with Crippen molar-refractivity contribution in [2.45, 2.75) is 141 Å². The molecule has 0 aromatic heterocycles. The molecule has 388 valence electrons. The lowest BCUT2D eigenvalue weighted by molar-refractivity contribution is -0.0736. The van der Waals surface area contributed by atoms with E-state index in [1.165, 1.54) is 0 Å². The molecule has 0 spiro atoms. The Kier molecular flexibility index (Phi) is 12.6. The smallest absolute Gasteiger partial charge is 0.231 e. The van der Waals surface area contributed by atoms with Gasteiger partial charge in [-0.05, 0) is 121 Å². The summed E-state index contributed by atoms with van der Waals surface area (Å²) in [7, 11) is 4.20. The molecule has 8 aliphatic heterocycles. The summed E-state index contributed by atoms with van der Waals surface area (Å²) in [5, 5.41) is 44.0. The van der Waals surface area contributed by atoms with Crippen LogP contribution in [0, 0.1) is 64.2 Å². The summed E-state index contributed by atoms with van der Waals surface area (Å²) in [5.74, 6) is 5.29. The number of nitriles is 2. The van der Waals surface area contributed by atoms with Crippen molar-refractivity contribution in [3.05, 3.63) is 115 Å². The molecule has 8 aliphatic rings. The van der Waals surface area contributed by atoms with E-state index >= 15 is 0 Å². The lowest BCUT2D eigenvalue weighted by atomic mass is 9.71. The van der Waals surface area contributed by atoms with Gasteiger partial charge >= 0.3 is 0 Å². The Labute approximate surface area is 434 Å². The number of phenolic OH excluding ortho intramolecular Hbond substituents is 2. The summed E-state index contributed by atoms with van der Waals surface area (Å²) in [6.45, 7) is 23.3. The Bertz CT molecular complexity index is 2900. The van der Waals surface area contributed by atoms with Crippen LogP contribution in [0.3, 0.4) is 0 Å². The fourth-order valence-electron chi connectivity index (χ4n) is 14.7. The fraction of sp³-hybridized carbons (Fsp3) is 0.492. The van der Waals surface area contributed by atoms with Crippen LogP contribution < -0.4 is 34.2 Å². The SMILES string of the molecule is C=CCOc1c(C)c2c(c3c1CC1C4c5c(cc(C)c(C)c5O)C[C@@H]([C@H](C#N)N1[C@H]3CC)N4C)OCO2.C=CCOc1c(C)c2c(c3c1CC1C4c5c(cc(C)c(C)c5O)C[C@@H]([C@H](C#N)N1[C@H]3CN)N4C)OCO2. The van der Waals surface area contributed by atoms with Gasteiger partial charge in [-0.25, -0.2) is 0 Å². The topological polar surface area (TPSA) is 182 Å². The van der Waals surface area contributed by atoms with Crippen LogP contribution in [-0.2, 0) is 25.7 Å². The number of ether oxygens (including phenoxy) is 6. The quantitative estimate of drug-likeness (QED) is 0.144. The van der Waals surface area contributed by atoms with Gasteiger partial charge in [0.1, 0.15) is 48.3 Å². The summed E-state index contributed by atoms with van der Waals surface area (Å²) >= 11 is 0. The molecule has 15 heteroatoms. The second kappa shape index (κ2) is 18.7. The Hall–Kier alpha value is -6.46. The summed E-state index contributed by atoms with van der Waals surface area (Å²) in [6, 6.07) is 8.54. The third-order valence-electron chi connectivity index (χ3n) is 18.2. The molecule has 12 rings (SSSR count). The molecule has 8 heterocycles. The molecule has 2 fully saturated rings. The zero-order valence-corrected chi connectivity index (χ0v) is 44.2. The van der Waals surface area contributed by atoms with Crippen molar-refractivity contribution in [1.29, 1.82) is 10.5 Å². The number of hydrogen-bond donors (Lipinski definition) is 3. The van der Waals surface area contributed by atoms with Crippen molar-refractivity contribution < 1.29 is 38.6 Å². The first kappa shape index (κ1) is 49.7. The van der Waals surface area contributed by atoms with E-state index in [4.69, 9.17) is 34.2 Å². The number of rotatable bonds is 8. The van der Waals surface area contributed by atoms with Gasteiger partial charge < -0.3 is 44.4 Å². The number of hydrogen-bond acceptors (Lipinski definition) is 15. The first-order valence-corrected chi connectivity index (χ1v) is 26.2. The van der Waals surface area contributed by atoms with E-state index in [0.717, 1.165) is 114 Å². The molecule has 10 atom stereocenters. The van der Waals surface area contributed by atoms with Gasteiger partial charge in [0.2, 0.25) is 13.6 Å². The molecule has 2 saturated heterocycles. The maximum absolute atomic E-state index is 11.4. The van der Waals surface area contributed by atoms with Crippen molar-refractivity contribution >= 4 is 0 Å². The molecule has 15 nitrogen and oxygen atoms in total. The van der Waals surface area contributed by atoms with Crippen LogP contribution in [0.2, 0.25) is 0 Å². The minimum Gasteiger partial charge on any atom is -0.507 e. The van der Waals surface area contributed by atoms with E-state index in [0.29, 0.717) is 62.0 Å². The van der Waals surface area contributed by atoms with Crippen LogP contribution in [-0.4, -0.2) is 114 Å². The van der Waals surface area contributed by atoms with Crippen molar-refractivity contribution in [1.82, 2.24) is 19.6 Å². The van der Waals surface area contributed by atoms with Crippen LogP contribution in [0.4, 0.5) is 0 Å². The highest BCUT2D eigenvalue weighted by Gasteiger charge is 2.58. The van der Waals surface area contributed by atoms with E-state index in [2.05, 4.69) is 85.0 Å². The number of phenols is 2. The van der Waals surface area contributed by atoms with Crippen LogP contribution in [0.5, 0.6) is 46.0 Å². The summed E-state index contributed by atoms with van der Waals surface area (Å²) in [4.78, 5) is 9.36. The number of nitrogens with two attached hydrogens (primary N) is 1. The number of aromatic hydroxyl groups is 2. The maximum atomic E-state index is 11.4. The Morgan fingerprint density at radius 3 is 1.42 bits per heavy atom. The minimum atomic E-state index is -0.373. The zero-order valence-electron chi connectivity index (χ0n) is 44.2. The van der Waals surface area contributed by atoms with Gasteiger partial charge in [0, 0.05) is 81.3 Å².